The van der Waals surface area contributed by atoms with Crippen molar-refractivity contribution in [2.24, 2.45) is 0 Å². The predicted octanol–water partition coefficient (Wildman–Crippen LogP) is -5.10. The maximum atomic E-state index is 3.54. The van der Waals surface area contributed by atoms with E-state index in [0.717, 1.165) is 6.42 Å². The summed E-state index contributed by atoms with van der Waals surface area (Å²) >= 11 is 0. The van der Waals surface area contributed by atoms with Crippen LogP contribution in [0.25, 0.3) is 0 Å². The van der Waals surface area contributed by atoms with Gasteiger partial charge in [0.1, 0.15) is 0 Å². The van der Waals surface area contributed by atoms with E-state index in [1.165, 1.54) is 21.5 Å². The fraction of sp³-hybridized carbons (Fsp3) is 0.200. The number of rotatable bonds is 3. The van der Waals surface area contributed by atoms with Crippen LogP contribution in [0.1, 0.15) is 20.3 Å². The maximum absolute atomic E-state index is 3.54. The van der Waals surface area contributed by atoms with Crippen molar-refractivity contribution in [3.05, 3.63) is 83.1 Å². The summed E-state index contributed by atoms with van der Waals surface area (Å²) in [5, 5.41) is 4.53. The Hall–Kier alpha value is -0.279. The van der Waals surface area contributed by atoms with Gasteiger partial charge in [-0.2, -0.15) is 10.8 Å². The summed E-state index contributed by atoms with van der Waals surface area (Å²) in [5.41, 5.74) is 2.85. The van der Waals surface area contributed by atoms with E-state index in [1.54, 1.807) is 5.20 Å². The summed E-state index contributed by atoms with van der Waals surface area (Å²) < 4.78 is 0. The zero-order valence-corrected chi connectivity index (χ0v) is 19.4. The van der Waals surface area contributed by atoms with Gasteiger partial charge in [-0.05, 0) is 0 Å². The van der Waals surface area contributed by atoms with Crippen LogP contribution in [0.15, 0.2) is 77.0 Å². The average molecular weight is 444 g/mol. The van der Waals surface area contributed by atoms with E-state index in [9.17, 15) is 0 Å². The number of hydrogen-bond donors (Lipinski definition) is 0. The van der Waals surface area contributed by atoms with Crippen LogP contribution in [0.4, 0.5) is 0 Å². The minimum Gasteiger partial charge on any atom is -1.00 e. The monoisotopic (exact) mass is 442 g/mol. The molecule has 0 aromatic heterocycles. The minimum atomic E-state index is -1.91. The summed E-state index contributed by atoms with van der Waals surface area (Å²) in [7, 11) is -1.91. The molecule has 0 spiro atoms. The summed E-state index contributed by atoms with van der Waals surface area (Å²) in [4.78, 5) is 0. The Kier molecular flexibility index (Phi) is 12.3. The van der Waals surface area contributed by atoms with Gasteiger partial charge in [-0.25, -0.2) is 5.57 Å². The van der Waals surface area contributed by atoms with Crippen molar-refractivity contribution in [1.29, 1.82) is 0 Å². The molecule has 0 saturated heterocycles. The first-order chi connectivity index (χ1) is 10.1. The molecule has 0 aliphatic heterocycles. The Balaban J connectivity index is 0. The van der Waals surface area contributed by atoms with Gasteiger partial charge in [-0.3, -0.25) is 6.08 Å². The van der Waals surface area contributed by atoms with Gasteiger partial charge in [0.2, 0.25) is 0 Å². The molecular weight excluding hydrogens is 423 g/mol. The Labute approximate surface area is 186 Å². The molecule has 3 rings (SSSR count). The topological polar surface area (TPSA) is 0 Å². The second-order valence-corrected chi connectivity index (χ2v) is 9.90. The molecular formula is C20H21Cl3SiTi. The van der Waals surface area contributed by atoms with Gasteiger partial charge in [0, 0.05) is 0 Å². The second-order valence-electron chi connectivity index (χ2n) is 5.99. The van der Waals surface area contributed by atoms with Crippen LogP contribution in [0.5, 0.6) is 0 Å². The first-order valence-electron chi connectivity index (χ1n) is 7.53. The quantitative estimate of drug-likeness (QED) is 0.329. The third-order valence-corrected chi connectivity index (χ3v) is 9.40. The second kappa shape index (κ2) is 11.4. The van der Waals surface area contributed by atoms with Crippen molar-refractivity contribution in [2.75, 3.05) is 0 Å². The molecule has 0 atom stereocenters. The average Bonchev–Trinajstić information content (AvgIpc) is 2.88. The fourth-order valence-electron chi connectivity index (χ4n) is 3.56. The van der Waals surface area contributed by atoms with Crippen molar-refractivity contribution in [1.82, 2.24) is 0 Å². The van der Waals surface area contributed by atoms with Gasteiger partial charge >= 0.3 is 21.7 Å². The van der Waals surface area contributed by atoms with E-state index < -0.39 is 8.07 Å². The van der Waals surface area contributed by atoms with E-state index in [2.05, 4.69) is 87.1 Å². The molecule has 5 heteroatoms. The molecule has 0 fully saturated rings. The van der Waals surface area contributed by atoms with Crippen LogP contribution in [-0.4, -0.2) is 8.07 Å². The number of benzene rings is 2. The van der Waals surface area contributed by atoms with E-state index in [1.807, 2.05) is 0 Å². The number of halogens is 3. The number of allylic oxidation sites excluding steroid dienone is 4. The third-order valence-electron chi connectivity index (χ3n) is 4.62. The van der Waals surface area contributed by atoms with E-state index in [4.69, 9.17) is 0 Å². The third kappa shape index (κ3) is 5.13. The molecule has 0 nitrogen and oxygen atoms in total. The molecule has 2 aromatic rings. The van der Waals surface area contributed by atoms with E-state index >= 15 is 0 Å². The van der Waals surface area contributed by atoms with Gasteiger partial charge in [-0.1, -0.05) is 91.4 Å². The van der Waals surface area contributed by atoms with E-state index in [-0.39, 0.29) is 58.9 Å². The fourth-order valence-corrected chi connectivity index (χ4v) is 7.97. The van der Waals surface area contributed by atoms with Gasteiger partial charge < -0.3 is 37.2 Å². The summed E-state index contributed by atoms with van der Waals surface area (Å²) in [5.74, 6) is 0. The largest absolute Gasteiger partial charge is 4.00 e. The van der Waals surface area contributed by atoms with Crippen molar-refractivity contribution < 1.29 is 58.9 Å². The molecule has 0 amide bonds. The van der Waals surface area contributed by atoms with Crippen molar-refractivity contribution in [2.45, 2.75) is 26.8 Å². The van der Waals surface area contributed by atoms with Crippen LogP contribution in [0.2, 0.25) is 6.55 Å². The van der Waals surface area contributed by atoms with Crippen molar-refractivity contribution in [3.8, 4) is 0 Å². The predicted molar refractivity (Wildman–Crippen MR) is 93.5 cm³/mol. The van der Waals surface area contributed by atoms with Gasteiger partial charge in [-0.15, -0.1) is 6.42 Å². The molecule has 1 aliphatic rings. The molecule has 1 aliphatic carbocycles. The van der Waals surface area contributed by atoms with Crippen LogP contribution in [-0.2, 0) is 21.7 Å². The number of hydrogen-bond acceptors (Lipinski definition) is 0. The summed E-state index contributed by atoms with van der Waals surface area (Å²) in [6.45, 7) is 6.98. The zero-order chi connectivity index (χ0) is 14.9. The first kappa shape index (κ1) is 26.9. The summed E-state index contributed by atoms with van der Waals surface area (Å²) in [6, 6.07) is 22.1. The molecule has 0 unspecified atom stereocenters. The molecule has 0 N–H and O–H groups in total. The molecule has 25 heavy (non-hydrogen) atoms. The Bertz CT molecular complexity index is 673. The molecule has 0 saturated carbocycles. The van der Waals surface area contributed by atoms with Crippen molar-refractivity contribution >= 4 is 18.4 Å². The minimum absolute atomic E-state index is 0. The van der Waals surface area contributed by atoms with Crippen molar-refractivity contribution in [3.63, 3.8) is 0 Å². The molecule has 0 bridgehead atoms. The van der Waals surface area contributed by atoms with Gasteiger partial charge in [0.15, 0.2) is 0 Å². The zero-order valence-electron chi connectivity index (χ0n) is 14.6. The smallest absolute Gasteiger partial charge is 1.00 e. The molecule has 0 radical (unpaired) electrons. The van der Waals surface area contributed by atoms with Crippen LogP contribution >= 0.6 is 0 Å². The van der Waals surface area contributed by atoms with E-state index in [0.29, 0.717) is 0 Å². The Morgan fingerprint density at radius 3 is 1.48 bits per heavy atom. The normalized spacial score (nSPS) is 12.8. The Morgan fingerprint density at radius 2 is 1.16 bits per heavy atom. The van der Waals surface area contributed by atoms with Gasteiger partial charge in [0.25, 0.3) is 0 Å². The maximum Gasteiger partial charge on any atom is 4.00 e. The molecule has 0 heterocycles. The van der Waals surface area contributed by atoms with Gasteiger partial charge in [0.05, 0.1) is 8.07 Å². The first-order valence-corrected chi connectivity index (χ1v) is 10.0. The SMILES string of the molecule is CC1=[C-]CC(C)=C1[Si](C)(c1ccccc1)c1ccccc1.[Cl-].[Cl-].[Cl-].[Ti+4]. The van der Waals surface area contributed by atoms with Crippen LogP contribution < -0.4 is 47.6 Å². The van der Waals surface area contributed by atoms with Crippen LogP contribution in [0, 0.1) is 6.08 Å². The molecule has 130 valence electrons. The Morgan fingerprint density at radius 1 is 0.760 bits per heavy atom. The molecule has 2 aromatic carbocycles. The van der Waals surface area contributed by atoms with Crippen LogP contribution in [0.3, 0.4) is 0 Å². The summed E-state index contributed by atoms with van der Waals surface area (Å²) in [6.07, 6.45) is 4.53. The standard InChI is InChI=1S/C20H21Si.3ClH.Ti/c1-16-14-15-17(2)20(16)21(3,18-10-6-4-7-11-18)19-12-8-5-9-13-19;;;;/h4-13H,14H2,1-3H3;3*1H;/q-1;;;;+4/p-3.